The summed E-state index contributed by atoms with van der Waals surface area (Å²) in [5.41, 5.74) is 0. The predicted molar refractivity (Wildman–Crippen MR) is 82.3 cm³/mol. The average molecular weight is 298 g/mol. The molecule has 5 nitrogen and oxygen atoms in total. The third-order valence-corrected chi connectivity index (χ3v) is 4.51. The van der Waals surface area contributed by atoms with Crippen LogP contribution < -0.4 is 5.32 Å². The van der Waals surface area contributed by atoms with Crippen LogP contribution in [0.4, 0.5) is 0 Å². The maximum absolute atomic E-state index is 12.2. The number of hydrogen-bond donors (Lipinski definition) is 1. The molecule has 2 fully saturated rings. The lowest BCUT2D eigenvalue weighted by atomic mass is 10.0. The zero-order chi connectivity index (χ0) is 14.9. The van der Waals surface area contributed by atoms with Gasteiger partial charge in [-0.25, -0.2) is 0 Å². The molecule has 1 N–H and O–H groups in total. The molecule has 0 spiro atoms. The SMILES string of the molecule is CCOCCOC1CCN(C(=O)CCC2CCNC2)CC1. The first kappa shape index (κ1) is 16.7. The molecule has 0 bridgehead atoms. The van der Waals surface area contributed by atoms with Gasteiger partial charge in [-0.1, -0.05) is 0 Å². The standard InChI is InChI=1S/C16H30N2O3/c1-2-20-11-12-21-15-6-9-18(10-7-15)16(19)4-3-14-5-8-17-13-14/h14-15,17H,2-13H2,1H3. The maximum atomic E-state index is 12.2. The smallest absolute Gasteiger partial charge is 0.222 e. The summed E-state index contributed by atoms with van der Waals surface area (Å²) < 4.78 is 11.1. The molecule has 5 heteroatoms. The lowest BCUT2D eigenvalue weighted by molar-refractivity contribution is -0.134. The van der Waals surface area contributed by atoms with Crippen LogP contribution in [-0.2, 0) is 14.3 Å². The van der Waals surface area contributed by atoms with Crippen molar-refractivity contribution in [3.63, 3.8) is 0 Å². The van der Waals surface area contributed by atoms with Crippen LogP contribution in [0.1, 0.15) is 39.0 Å². The molecule has 2 heterocycles. The second-order valence-electron chi connectivity index (χ2n) is 6.05. The van der Waals surface area contributed by atoms with Gasteiger partial charge in [-0.15, -0.1) is 0 Å². The highest BCUT2D eigenvalue weighted by molar-refractivity contribution is 5.76. The third-order valence-electron chi connectivity index (χ3n) is 4.51. The lowest BCUT2D eigenvalue weighted by Gasteiger charge is -2.32. The van der Waals surface area contributed by atoms with Gasteiger partial charge in [-0.2, -0.15) is 0 Å². The first-order valence-corrected chi connectivity index (χ1v) is 8.47. The Bertz CT molecular complexity index is 298. The monoisotopic (exact) mass is 298 g/mol. The summed E-state index contributed by atoms with van der Waals surface area (Å²) in [6.07, 6.45) is 5.20. The van der Waals surface area contributed by atoms with Gasteiger partial charge in [-0.05, 0) is 51.6 Å². The van der Waals surface area contributed by atoms with Gasteiger partial charge in [0, 0.05) is 26.1 Å². The minimum absolute atomic E-state index is 0.300. The quantitative estimate of drug-likeness (QED) is 0.689. The number of carbonyl (C=O) groups excluding carboxylic acids is 1. The van der Waals surface area contributed by atoms with Crippen LogP contribution in [0.3, 0.4) is 0 Å². The van der Waals surface area contributed by atoms with Crippen LogP contribution in [0, 0.1) is 5.92 Å². The number of piperidine rings is 1. The third kappa shape index (κ3) is 5.93. The Morgan fingerprint density at radius 2 is 2.05 bits per heavy atom. The van der Waals surface area contributed by atoms with E-state index in [-0.39, 0.29) is 0 Å². The van der Waals surface area contributed by atoms with Gasteiger partial charge >= 0.3 is 0 Å². The highest BCUT2D eigenvalue weighted by atomic mass is 16.5. The maximum Gasteiger partial charge on any atom is 0.222 e. The summed E-state index contributed by atoms with van der Waals surface area (Å²) >= 11 is 0. The molecule has 21 heavy (non-hydrogen) atoms. The van der Waals surface area contributed by atoms with Crippen LogP contribution in [0.25, 0.3) is 0 Å². The largest absolute Gasteiger partial charge is 0.379 e. The molecule has 1 atom stereocenters. The molecule has 0 aliphatic carbocycles. The molecule has 0 saturated carbocycles. The van der Waals surface area contributed by atoms with Crippen LogP contribution in [0.2, 0.25) is 0 Å². The van der Waals surface area contributed by atoms with Gasteiger partial charge in [0.05, 0.1) is 19.3 Å². The number of rotatable bonds is 8. The van der Waals surface area contributed by atoms with Crippen molar-refractivity contribution in [1.82, 2.24) is 10.2 Å². The number of hydrogen-bond acceptors (Lipinski definition) is 4. The number of carbonyl (C=O) groups is 1. The fourth-order valence-corrected chi connectivity index (χ4v) is 3.14. The van der Waals surface area contributed by atoms with Crippen molar-refractivity contribution in [3.8, 4) is 0 Å². The average Bonchev–Trinajstić information content (AvgIpc) is 3.03. The Morgan fingerprint density at radius 1 is 1.24 bits per heavy atom. The molecular formula is C16H30N2O3. The normalized spacial score (nSPS) is 23.7. The summed E-state index contributed by atoms with van der Waals surface area (Å²) in [7, 11) is 0. The van der Waals surface area contributed by atoms with Crippen molar-refractivity contribution in [2.24, 2.45) is 5.92 Å². The van der Waals surface area contributed by atoms with Crippen LogP contribution >= 0.6 is 0 Å². The van der Waals surface area contributed by atoms with E-state index in [4.69, 9.17) is 9.47 Å². The van der Waals surface area contributed by atoms with Gasteiger partial charge < -0.3 is 19.7 Å². The van der Waals surface area contributed by atoms with Crippen LogP contribution in [-0.4, -0.2) is 62.9 Å². The summed E-state index contributed by atoms with van der Waals surface area (Å²) in [5.74, 6) is 1.03. The number of amides is 1. The highest BCUT2D eigenvalue weighted by Gasteiger charge is 2.24. The van der Waals surface area contributed by atoms with E-state index in [9.17, 15) is 4.79 Å². The molecule has 2 aliphatic heterocycles. The highest BCUT2D eigenvalue weighted by Crippen LogP contribution is 2.18. The Balaban J connectivity index is 1.56. The minimum atomic E-state index is 0.300. The Hall–Kier alpha value is -0.650. The van der Waals surface area contributed by atoms with Gasteiger partial charge in [-0.3, -0.25) is 4.79 Å². The molecule has 122 valence electrons. The topological polar surface area (TPSA) is 50.8 Å². The molecular weight excluding hydrogens is 268 g/mol. The van der Waals surface area contributed by atoms with E-state index in [1.54, 1.807) is 0 Å². The molecule has 0 aromatic carbocycles. The van der Waals surface area contributed by atoms with Crippen molar-refractivity contribution in [3.05, 3.63) is 0 Å². The Kier molecular flexibility index (Phi) is 7.47. The predicted octanol–water partition coefficient (Wildman–Crippen LogP) is 1.42. The second-order valence-corrected chi connectivity index (χ2v) is 6.05. The van der Waals surface area contributed by atoms with Crippen molar-refractivity contribution >= 4 is 5.91 Å². The van der Waals surface area contributed by atoms with E-state index in [0.29, 0.717) is 37.6 Å². The zero-order valence-corrected chi connectivity index (χ0v) is 13.3. The molecule has 0 radical (unpaired) electrons. The van der Waals surface area contributed by atoms with Gasteiger partial charge in [0.25, 0.3) is 0 Å². The summed E-state index contributed by atoms with van der Waals surface area (Å²) in [6.45, 7) is 7.97. The number of nitrogens with one attached hydrogen (secondary N) is 1. The first-order valence-electron chi connectivity index (χ1n) is 8.47. The number of ether oxygens (including phenoxy) is 2. The molecule has 2 saturated heterocycles. The van der Waals surface area contributed by atoms with Crippen molar-refractivity contribution < 1.29 is 14.3 Å². The van der Waals surface area contributed by atoms with Gasteiger partial charge in [0.1, 0.15) is 0 Å². The molecule has 2 rings (SSSR count). The Morgan fingerprint density at radius 3 is 2.71 bits per heavy atom. The van der Waals surface area contributed by atoms with Gasteiger partial charge in [0.15, 0.2) is 0 Å². The second kappa shape index (κ2) is 9.38. The lowest BCUT2D eigenvalue weighted by Crippen LogP contribution is -2.41. The van der Waals surface area contributed by atoms with Crippen LogP contribution in [0.5, 0.6) is 0 Å². The number of nitrogens with zero attached hydrogens (tertiary/aromatic N) is 1. The van der Waals surface area contributed by atoms with E-state index in [1.807, 2.05) is 11.8 Å². The van der Waals surface area contributed by atoms with E-state index in [2.05, 4.69) is 5.32 Å². The molecule has 2 aliphatic rings. The fraction of sp³-hybridized carbons (Fsp3) is 0.938. The molecule has 1 amide bonds. The van der Waals surface area contributed by atoms with Crippen molar-refractivity contribution in [2.45, 2.75) is 45.1 Å². The number of likely N-dealkylation sites (tertiary alicyclic amines) is 1. The first-order chi connectivity index (χ1) is 10.3. The van der Waals surface area contributed by atoms with E-state index < -0.39 is 0 Å². The summed E-state index contributed by atoms with van der Waals surface area (Å²) in [5, 5.41) is 3.36. The molecule has 0 aromatic heterocycles. The molecule has 1 unspecified atom stereocenters. The van der Waals surface area contributed by atoms with E-state index in [0.717, 1.165) is 52.0 Å². The van der Waals surface area contributed by atoms with Gasteiger partial charge in [0.2, 0.25) is 5.91 Å². The summed E-state index contributed by atoms with van der Waals surface area (Å²) in [4.78, 5) is 14.2. The molecule has 0 aromatic rings. The zero-order valence-electron chi connectivity index (χ0n) is 13.3. The Labute approximate surface area is 128 Å². The fourth-order valence-electron chi connectivity index (χ4n) is 3.14. The minimum Gasteiger partial charge on any atom is -0.379 e. The summed E-state index contributed by atoms with van der Waals surface area (Å²) in [6, 6.07) is 0. The van der Waals surface area contributed by atoms with E-state index >= 15 is 0 Å². The van der Waals surface area contributed by atoms with E-state index in [1.165, 1.54) is 6.42 Å². The van der Waals surface area contributed by atoms with Crippen molar-refractivity contribution in [1.29, 1.82) is 0 Å². The van der Waals surface area contributed by atoms with Crippen LogP contribution in [0.15, 0.2) is 0 Å². The van der Waals surface area contributed by atoms with Crippen molar-refractivity contribution in [2.75, 3.05) is 46.0 Å².